The lowest BCUT2D eigenvalue weighted by molar-refractivity contribution is -0.142. The number of amides is 1. The van der Waals surface area contributed by atoms with Crippen LogP contribution in [0.3, 0.4) is 0 Å². The number of benzene rings is 1. The van der Waals surface area contributed by atoms with E-state index in [1.807, 2.05) is 0 Å². The number of rotatable bonds is 5. The lowest BCUT2D eigenvalue weighted by atomic mass is 9.97. The Bertz CT molecular complexity index is 1440. The van der Waals surface area contributed by atoms with Crippen molar-refractivity contribution in [3.05, 3.63) is 72.1 Å². The highest BCUT2D eigenvalue weighted by molar-refractivity contribution is 6.10. The molecular weight excluding hydrogens is 490 g/mol. The van der Waals surface area contributed by atoms with E-state index in [1.54, 1.807) is 28.6 Å². The van der Waals surface area contributed by atoms with Crippen LogP contribution in [-0.4, -0.2) is 50.0 Å². The van der Waals surface area contributed by atoms with Crippen LogP contribution in [0.4, 0.5) is 17.6 Å². The van der Waals surface area contributed by atoms with Crippen molar-refractivity contribution in [2.45, 2.75) is 19.0 Å². The topological polar surface area (TPSA) is 73.1 Å². The second kappa shape index (κ2) is 9.79. The van der Waals surface area contributed by atoms with Gasteiger partial charge in [-0.25, -0.2) is 14.4 Å². The van der Waals surface area contributed by atoms with Crippen molar-refractivity contribution in [1.29, 1.82) is 0 Å². The molecule has 3 aromatic heterocycles. The second-order valence-electron chi connectivity index (χ2n) is 8.94. The standard InChI is InChI=1S/C26H23F4N5O2/c1-34-22(17-6-8-18(27)9-7-17)20(21-24(34)33-12-11-31-21)25(36)35-13-3-4-16(14-35)15-37-19-5-2-10-32-23(19)26(28,29)30/h2,5-12,16H,3-4,13-15H2,1H3. The first-order valence-corrected chi connectivity index (χ1v) is 11.7. The Morgan fingerprint density at radius 3 is 2.59 bits per heavy atom. The van der Waals surface area contributed by atoms with Crippen molar-refractivity contribution in [3.63, 3.8) is 0 Å². The number of halogens is 4. The number of nitrogens with zero attached hydrogens (tertiary/aromatic N) is 5. The van der Waals surface area contributed by atoms with Crippen molar-refractivity contribution in [2.24, 2.45) is 13.0 Å². The predicted octanol–water partition coefficient (Wildman–Crippen LogP) is 5.12. The van der Waals surface area contributed by atoms with E-state index in [4.69, 9.17) is 4.74 Å². The number of aryl methyl sites for hydroxylation is 1. The number of fused-ring (bicyclic) bond motifs is 1. The smallest absolute Gasteiger partial charge is 0.437 e. The van der Waals surface area contributed by atoms with E-state index in [0.29, 0.717) is 53.9 Å². The number of hydrogen-bond donors (Lipinski definition) is 0. The van der Waals surface area contributed by atoms with Gasteiger partial charge in [-0.2, -0.15) is 13.2 Å². The summed E-state index contributed by atoms with van der Waals surface area (Å²) >= 11 is 0. The van der Waals surface area contributed by atoms with Crippen LogP contribution < -0.4 is 4.74 Å². The molecule has 1 fully saturated rings. The zero-order valence-electron chi connectivity index (χ0n) is 19.9. The molecule has 1 amide bonds. The Labute approximate surface area is 209 Å². The van der Waals surface area contributed by atoms with Crippen molar-refractivity contribution in [1.82, 2.24) is 24.4 Å². The summed E-state index contributed by atoms with van der Waals surface area (Å²) in [5.74, 6) is -1.17. The number of aromatic nitrogens is 4. The van der Waals surface area contributed by atoms with E-state index in [0.717, 1.165) is 6.20 Å². The van der Waals surface area contributed by atoms with Crippen LogP contribution >= 0.6 is 0 Å². The number of pyridine rings is 1. The van der Waals surface area contributed by atoms with Crippen LogP contribution in [0.15, 0.2) is 55.0 Å². The van der Waals surface area contributed by atoms with Crippen LogP contribution in [0.1, 0.15) is 28.9 Å². The van der Waals surface area contributed by atoms with Gasteiger partial charge >= 0.3 is 6.18 Å². The van der Waals surface area contributed by atoms with Crippen LogP contribution in [0.25, 0.3) is 22.4 Å². The van der Waals surface area contributed by atoms with Crippen LogP contribution in [0, 0.1) is 11.7 Å². The molecule has 0 aliphatic carbocycles. The summed E-state index contributed by atoms with van der Waals surface area (Å²) in [5.41, 5.74) is 1.42. The first-order chi connectivity index (χ1) is 17.7. The molecule has 1 aliphatic heterocycles. The Morgan fingerprint density at radius 2 is 1.84 bits per heavy atom. The zero-order chi connectivity index (χ0) is 26.2. The number of ether oxygens (including phenoxy) is 1. The van der Waals surface area contributed by atoms with Crippen molar-refractivity contribution in [2.75, 3.05) is 19.7 Å². The average molecular weight is 513 g/mol. The van der Waals surface area contributed by atoms with Gasteiger partial charge in [-0.1, -0.05) is 0 Å². The molecule has 4 heterocycles. The lowest BCUT2D eigenvalue weighted by Crippen LogP contribution is -2.41. The van der Waals surface area contributed by atoms with E-state index < -0.39 is 17.7 Å². The molecule has 37 heavy (non-hydrogen) atoms. The first-order valence-electron chi connectivity index (χ1n) is 11.7. The van der Waals surface area contributed by atoms with Gasteiger partial charge in [0.05, 0.1) is 17.9 Å². The van der Waals surface area contributed by atoms with Gasteiger partial charge in [-0.3, -0.25) is 9.78 Å². The van der Waals surface area contributed by atoms with Crippen LogP contribution in [0.5, 0.6) is 5.75 Å². The summed E-state index contributed by atoms with van der Waals surface area (Å²) in [7, 11) is 1.77. The van der Waals surface area contributed by atoms with Crippen molar-refractivity contribution >= 4 is 17.1 Å². The molecule has 1 aliphatic rings. The molecule has 0 bridgehead atoms. The average Bonchev–Trinajstić information content (AvgIpc) is 3.19. The fraction of sp³-hybridized carbons (Fsp3) is 0.308. The van der Waals surface area contributed by atoms with E-state index in [-0.39, 0.29) is 24.2 Å². The molecule has 1 saturated heterocycles. The molecule has 7 nitrogen and oxygen atoms in total. The summed E-state index contributed by atoms with van der Waals surface area (Å²) in [5, 5.41) is 0. The van der Waals surface area contributed by atoms with Gasteiger partial charge in [0.15, 0.2) is 11.3 Å². The maximum atomic E-state index is 13.9. The second-order valence-corrected chi connectivity index (χ2v) is 8.94. The molecule has 192 valence electrons. The molecule has 0 spiro atoms. The molecular formula is C26H23F4N5O2. The maximum Gasteiger partial charge on any atom is 0.437 e. The number of piperidine rings is 1. The molecule has 1 atom stereocenters. The van der Waals surface area contributed by atoms with Gasteiger partial charge in [0.1, 0.15) is 17.1 Å². The Kier molecular flexibility index (Phi) is 6.53. The maximum absolute atomic E-state index is 13.9. The third kappa shape index (κ3) is 4.85. The van der Waals surface area contributed by atoms with E-state index >= 15 is 0 Å². The summed E-state index contributed by atoms with van der Waals surface area (Å²) in [6.45, 7) is 0.800. The summed E-state index contributed by atoms with van der Waals surface area (Å²) in [4.78, 5) is 27.7. The molecule has 1 unspecified atom stereocenters. The van der Waals surface area contributed by atoms with Gasteiger partial charge < -0.3 is 14.2 Å². The molecule has 0 N–H and O–H groups in total. The van der Waals surface area contributed by atoms with Crippen molar-refractivity contribution < 1.29 is 27.1 Å². The van der Waals surface area contributed by atoms with Crippen LogP contribution in [0.2, 0.25) is 0 Å². The van der Waals surface area contributed by atoms with E-state index in [2.05, 4.69) is 15.0 Å². The van der Waals surface area contributed by atoms with Gasteiger partial charge in [0, 0.05) is 44.6 Å². The number of carbonyl (C=O) groups excluding carboxylic acids is 1. The SMILES string of the molecule is Cn1c(-c2ccc(F)cc2)c(C(=O)N2CCCC(COc3cccnc3C(F)(F)F)C2)c2nccnc21. The zero-order valence-corrected chi connectivity index (χ0v) is 19.9. The van der Waals surface area contributed by atoms with E-state index in [9.17, 15) is 22.4 Å². The minimum absolute atomic E-state index is 0.0126. The number of carbonyl (C=O) groups is 1. The van der Waals surface area contributed by atoms with Gasteiger partial charge in [0.2, 0.25) is 0 Å². The summed E-state index contributed by atoms with van der Waals surface area (Å²) in [6, 6.07) is 8.47. The molecule has 1 aromatic carbocycles. The summed E-state index contributed by atoms with van der Waals surface area (Å²) in [6.07, 6.45) is 0.853. The minimum atomic E-state index is -4.63. The minimum Gasteiger partial charge on any atom is -0.491 e. The fourth-order valence-corrected chi connectivity index (χ4v) is 4.76. The molecule has 0 radical (unpaired) electrons. The largest absolute Gasteiger partial charge is 0.491 e. The fourth-order valence-electron chi connectivity index (χ4n) is 4.76. The Hall–Kier alpha value is -4.02. The van der Waals surface area contributed by atoms with E-state index in [1.165, 1.54) is 36.7 Å². The molecule has 4 aromatic rings. The molecule has 5 rings (SSSR count). The Morgan fingerprint density at radius 1 is 1.08 bits per heavy atom. The highest BCUT2D eigenvalue weighted by Crippen LogP contribution is 2.35. The monoisotopic (exact) mass is 513 g/mol. The Balaban J connectivity index is 1.41. The van der Waals surface area contributed by atoms with Crippen LogP contribution in [-0.2, 0) is 13.2 Å². The number of hydrogen-bond acceptors (Lipinski definition) is 5. The third-order valence-corrected chi connectivity index (χ3v) is 6.46. The lowest BCUT2D eigenvalue weighted by Gasteiger charge is -2.33. The van der Waals surface area contributed by atoms with Gasteiger partial charge in [-0.15, -0.1) is 0 Å². The quantitative estimate of drug-likeness (QED) is 0.347. The van der Waals surface area contributed by atoms with Gasteiger partial charge in [-0.05, 0) is 54.8 Å². The summed E-state index contributed by atoms with van der Waals surface area (Å²) < 4.78 is 60.7. The normalized spacial score (nSPS) is 16.2. The molecule has 0 saturated carbocycles. The number of alkyl halides is 3. The highest BCUT2D eigenvalue weighted by atomic mass is 19.4. The predicted molar refractivity (Wildman–Crippen MR) is 127 cm³/mol. The third-order valence-electron chi connectivity index (χ3n) is 6.46. The molecule has 11 heteroatoms. The highest BCUT2D eigenvalue weighted by Gasteiger charge is 2.37. The van der Waals surface area contributed by atoms with Crippen molar-refractivity contribution in [3.8, 4) is 17.0 Å². The van der Waals surface area contributed by atoms with Gasteiger partial charge in [0.25, 0.3) is 5.91 Å². The number of likely N-dealkylation sites (tertiary alicyclic amines) is 1. The first kappa shape index (κ1) is 24.7.